The monoisotopic (exact) mass is 419 g/mol. The van der Waals surface area contributed by atoms with Crippen LogP contribution in [-0.4, -0.2) is 24.0 Å². The summed E-state index contributed by atoms with van der Waals surface area (Å²) in [6.45, 7) is 5.52. The molecule has 1 aromatic heterocycles. The summed E-state index contributed by atoms with van der Waals surface area (Å²) in [7, 11) is 0. The standard InChI is InChI=1S/C26H29NO4/c1-3-5-9-17-30-19-14-12-18(13-15-19)23-22-24(28)20-10-7-8-11-21(20)31-25(22)26(29)27(23)16-6-4-2/h7-8,10-15,23H,3-6,9,16-17H2,1-2H3. The SMILES string of the molecule is CCCCCOc1ccc(C2c3c(oc4ccccc4c3=O)C(=O)N2CCCC)cc1. The number of nitrogens with zero attached hydrogens (tertiary/aromatic N) is 1. The molecule has 1 aliphatic heterocycles. The molecule has 1 amide bonds. The third-order valence-corrected chi connectivity index (χ3v) is 5.84. The second-order valence-electron chi connectivity index (χ2n) is 8.05. The van der Waals surface area contributed by atoms with Crippen molar-refractivity contribution in [1.29, 1.82) is 0 Å². The fourth-order valence-corrected chi connectivity index (χ4v) is 4.16. The van der Waals surface area contributed by atoms with E-state index in [1.54, 1.807) is 17.0 Å². The minimum Gasteiger partial charge on any atom is -0.494 e. The number of fused-ring (bicyclic) bond motifs is 2. The molecule has 0 aliphatic carbocycles. The van der Waals surface area contributed by atoms with Crippen LogP contribution in [0.5, 0.6) is 5.75 Å². The van der Waals surface area contributed by atoms with Gasteiger partial charge in [-0.15, -0.1) is 0 Å². The third kappa shape index (κ3) is 4.09. The zero-order valence-corrected chi connectivity index (χ0v) is 18.2. The van der Waals surface area contributed by atoms with Gasteiger partial charge in [0.25, 0.3) is 5.91 Å². The topological polar surface area (TPSA) is 59.8 Å². The van der Waals surface area contributed by atoms with Crippen molar-refractivity contribution in [2.24, 2.45) is 0 Å². The number of carbonyl (C=O) groups is 1. The molecule has 2 aromatic carbocycles. The Morgan fingerprint density at radius 1 is 0.935 bits per heavy atom. The molecule has 1 atom stereocenters. The Bertz CT molecular complexity index is 1120. The Morgan fingerprint density at radius 2 is 1.68 bits per heavy atom. The zero-order chi connectivity index (χ0) is 21.8. The van der Waals surface area contributed by atoms with Crippen LogP contribution in [0.2, 0.25) is 0 Å². The highest BCUT2D eigenvalue weighted by molar-refractivity contribution is 5.99. The van der Waals surface area contributed by atoms with E-state index >= 15 is 0 Å². The Kier molecular flexibility index (Phi) is 6.40. The molecule has 31 heavy (non-hydrogen) atoms. The van der Waals surface area contributed by atoms with Crippen LogP contribution < -0.4 is 10.2 Å². The summed E-state index contributed by atoms with van der Waals surface area (Å²) >= 11 is 0. The summed E-state index contributed by atoms with van der Waals surface area (Å²) in [6, 6.07) is 14.4. The summed E-state index contributed by atoms with van der Waals surface area (Å²) in [5, 5.41) is 0.507. The maximum absolute atomic E-state index is 13.4. The van der Waals surface area contributed by atoms with Gasteiger partial charge in [-0.3, -0.25) is 9.59 Å². The Hall–Kier alpha value is -3.08. The second-order valence-corrected chi connectivity index (χ2v) is 8.05. The van der Waals surface area contributed by atoms with E-state index in [0.717, 1.165) is 43.4 Å². The van der Waals surface area contributed by atoms with Crippen molar-refractivity contribution in [3.63, 3.8) is 0 Å². The molecule has 1 aliphatic rings. The van der Waals surface area contributed by atoms with Crippen LogP contribution >= 0.6 is 0 Å². The molecule has 0 saturated carbocycles. The molecule has 1 unspecified atom stereocenters. The Balaban J connectivity index is 1.72. The van der Waals surface area contributed by atoms with Crippen LogP contribution in [0.4, 0.5) is 0 Å². The molecule has 5 heteroatoms. The zero-order valence-electron chi connectivity index (χ0n) is 18.2. The van der Waals surface area contributed by atoms with E-state index in [0.29, 0.717) is 29.7 Å². The van der Waals surface area contributed by atoms with Crippen LogP contribution in [0, 0.1) is 0 Å². The van der Waals surface area contributed by atoms with Gasteiger partial charge in [-0.1, -0.05) is 57.4 Å². The highest BCUT2D eigenvalue weighted by Gasteiger charge is 2.42. The van der Waals surface area contributed by atoms with E-state index in [1.807, 2.05) is 36.4 Å². The molecule has 3 aromatic rings. The molecule has 5 nitrogen and oxygen atoms in total. The average molecular weight is 420 g/mol. The predicted octanol–water partition coefficient (Wildman–Crippen LogP) is 5.71. The molecule has 162 valence electrons. The van der Waals surface area contributed by atoms with E-state index in [-0.39, 0.29) is 17.1 Å². The van der Waals surface area contributed by atoms with Crippen molar-refractivity contribution >= 4 is 16.9 Å². The lowest BCUT2D eigenvalue weighted by molar-refractivity contribution is 0.0725. The van der Waals surface area contributed by atoms with Crippen molar-refractivity contribution in [3.8, 4) is 5.75 Å². The molecule has 0 bridgehead atoms. The molecule has 4 rings (SSSR count). The molecule has 2 heterocycles. The van der Waals surface area contributed by atoms with Crippen molar-refractivity contribution in [2.45, 2.75) is 52.0 Å². The number of unbranched alkanes of at least 4 members (excludes halogenated alkanes) is 3. The summed E-state index contributed by atoms with van der Waals surface area (Å²) in [4.78, 5) is 28.4. The molecule has 0 fully saturated rings. The van der Waals surface area contributed by atoms with Gasteiger partial charge in [-0.25, -0.2) is 0 Å². The molecule has 0 radical (unpaired) electrons. The highest BCUT2D eigenvalue weighted by atomic mass is 16.5. The second kappa shape index (κ2) is 9.38. The number of ether oxygens (including phenoxy) is 1. The minimum atomic E-state index is -0.441. The fraction of sp³-hybridized carbons (Fsp3) is 0.385. The first-order chi connectivity index (χ1) is 15.2. The fourth-order valence-electron chi connectivity index (χ4n) is 4.16. The van der Waals surface area contributed by atoms with Gasteiger partial charge in [-0.05, 0) is 42.7 Å². The van der Waals surface area contributed by atoms with Gasteiger partial charge in [0.15, 0.2) is 5.43 Å². The van der Waals surface area contributed by atoms with Crippen LogP contribution in [0.25, 0.3) is 11.0 Å². The van der Waals surface area contributed by atoms with Gasteiger partial charge in [0, 0.05) is 6.54 Å². The number of para-hydroxylation sites is 1. The molecule has 0 N–H and O–H groups in total. The van der Waals surface area contributed by atoms with E-state index in [2.05, 4.69) is 13.8 Å². The molecular weight excluding hydrogens is 390 g/mol. The Morgan fingerprint density at radius 3 is 2.42 bits per heavy atom. The lowest BCUT2D eigenvalue weighted by Gasteiger charge is -2.25. The average Bonchev–Trinajstić information content (AvgIpc) is 3.08. The van der Waals surface area contributed by atoms with Gasteiger partial charge < -0.3 is 14.1 Å². The van der Waals surface area contributed by atoms with Gasteiger partial charge in [0.05, 0.1) is 23.6 Å². The van der Waals surface area contributed by atoms with Gasteiger partial charge in [0.1, 0.15) is 11.3 Å². The number of hydrogen-bond acceptors (Lipinski definition) is 4. The van der Waals surface area contributed by atoms with E-state index in [1.165, 1.54) is 0 Å². The molecule has 0 spiro atoms. The summed E-state index contributed by atoms with van der Waals surface area (Å²) in [6.07, 6.45) is 5.16. The van der Waals surface area contributed by atoms with Gasteiger partial charge >= 0.3 is 0 Å². The first-order valence-electron chi connectivity index (χ1n) is 11.2. The maximum Gasteiger partial charge on any atom is 0.290 e. The number of benzene rings is 2. The van der Waals surface area contributed by atoms with E-state index in [9.17, 15) is 9.59 Å². The smallest absolute Gasteiger partial charge is 0.290 e. The predicted molar refractivity (Wildman–Crippen MR) is 122 cm³/mol. The van der Waals surface area contributed by atoms with Crippen LogP contribution in [0.3, 0.4) is 0 Å². The van der Waals surface area contributed by atoms with Crippen LogP contribution in [-0.2, 0) is 0 Å². The number of hydrogen-bond donors (Lipinski definition) is 0. The van der Waals surface area contributed by atoms with Crippen LogP contribution in [0.15, 0.2) is 57.7 Å². The molecule has 0 saturated heterocycles. The maximum atomic E-state index is 13.4. The first kappa shape index (κ1) is 21.2. The first-order valence-corrected chi connectivity index (χ1v) is 11.2. The normalized spacial score (nSPS) is 15.5. The largest absolute Gasteiger partial charge is 0.494 e. The summed E-state index contributed by atoms with van der Waals surface area (Å²) in [5.74, 6) is 0.760. The summed E-state index contributed by atoms with van der Waals surface area (Å²) in [5.41, 5.74) is 1.66. The quantitative estimate of drug-likeness (QED) is 0.417. The van der Waals surface area contributed by atoms with E-state index in [4.69, 9.17) is 9.15 Å². The number of rotatable bonds is 9. The van der Waals surface area contributed by atoms with Gasteiger partial charge in [-0.2, -0.15) is 0 Å². The Labute approximate surface area is 182 Å². The van der Waals surface area contributed by atoms with Gasteiger partial charge in [0.2, 0.25) is 5.76 Å². The number of amides is 1. The lowest BCUT2D eigenvalue weighted by Crippen LogP contribution is -2.30. The number of carbonyl (C=O) groups excluding carboxylic acids is 1. The molecular formula is C26H29NO4. The highest BCUT2D eigenvalue weighted by Crippen LogP contribution is 2.38. The minimum absolute atomic E-state index is 0.130. The lowest BCUT2D eigenvalue weighted by atomic mass is 9.98. The van der Waals surface area contributed by atoms with E-state index < -0.39 is 6.04 Å². The van der Waals surface area contributed by atoms with Crippen molar-refractivity contribution in [1.82, 2.24) is 4.90 Å². The van der Waals surface area contributed by atoms with Crippen LogP contribution in [0.1, 0.15) is 73.7 Å². The van der Waals surface area contributed by atoms with Crippen molar-refractivity contribution in [3.05, 3.63) is 75.6 Å². The third-order valence-electron chi connectivity index (χ3n) is 5.84. The van der Waals surface area contributed by atoms with Crippen molar-refractivity contribution < 1.29 is 13.9 Å². The van der Waals surface area contributed by atoms with Crippen molar-refractivity contribution in [2.75, 3.05) is 13.2 Å². The summed E-state index contributed by atoms with van der Waals surface area (Å²) < 4.78 is 11.8.